The average molecular weight is 502 g/mol. The van der Waals surface area contributed by atoms with Crippen LogP contribution in [0.15, 0.2) is 0 Å². The number of ether oxygens (including phenoxy) is 2. The predicted molar refractivity (Wildman–Crippen MR) is 129 cm³/mol. The molecule has 9 heteroatoms. The first-order valence-corrected chi connectivity index (χ1v) is 15.1. The molecule has 9 atom stereocenters. The van der Waals surface area contributed by atoms with Crippen LogP contribution in [-0.4, -0.2) is 56.7 Å². The molecule has 4 aliphatic rings. The molecule has 0 aromatic carbocycles. The van der Waals surface area contributed by atoms with E-state index in [1.807, 2.05) is 6.92 Å². The van der Waals surface area contributed by atoms with Gasteiger partial charge in [-0.3, -0.25) is 14.3 Å². The first-order chi connectivity index (χ1) is 16.4. The topological polar surface area (TPSA) is 105 Å². The fourth-order valence-electron chi connectivity index (χ4n) is 7.69. The zero-order valence-corrected chi connectivity index (χ0v) is 21.6. The van der Waals surface area contributed by atoms with E-state index in [0.29, 0.717) is 56.7 Å². The normalized spacial score (nSPS) is 40.8. The molecule has 0 heterocycles. The molecule has 0 saturated heterocycles. The first kappa shape index (κ1) is 26.3. The van der Waals surface area contributed by atoms with Crippen LogP contribution in [0.4, 0.5) is 0 Å². The molecular weight excluding hydrogens is 458 g/mol. The van der Waals surface area contributed by atoms with Gasteiger partial charge in [0.05, 0.1) is 30.0 Å². The largest absolute Gasteiger partial charge is 0.378 e. The van der Waals surface area contributed by atoms with E-state index in [4.69, 9.17) is 13.7 Å². The van der Waals surface area contributed by atoms with Crippen molar-refractivity contribution in [2.24, 2.45) is 29.6 Å². The molecule has 4 aliphatic carbocycles. The number of hydrogen-bond acceptors (Lipinski definition) is 7. The lowest BCUT2D eigenvalue weighted by molar-refractivity contribution is -0.536. The summed E-state index contributed by atoms with van der Waals surface area (Å²) < 4.78 is 44.7. The number of fused-ring (bicyclic) bond motifs is 2. The Morgan fingerprint density at radius 3 is 1.97 bits per heavy atom. The van der Waals surface area contributed by atoms with Crippen molar-refractivity contribution in [1.82, 2.24) is 0 Å². The van der Waals surface area contributed by atoms with Gasteiger partial charge in [0.15, 0.2) is 0 Å². The fourth-order valence-corrected chi connectivity index (χ4v) is 9.13. The van der Waals surface area contributed by atoms with E-state index in [1.54, 1.807) is 0 Å². The van der Waals surface area contributed by atoms with E-state index in [1.165, 1.54) is 19.3 Å². The van der Waals surface area contributed by atoms with Crippen LogP contribution in [0.25, 0.3) is 0 Å². The quantitative estimate of drug-likeness (QED) is 0.259. The molecule has 4 fully saturated rings. The summed E-state index contributed by atoms with van der Waals surface area (Å²) >= 11 is 0. The van der Waals surface area contributed by atoms with Gasteiger partial charge in [-0.2, -0.15) is 8.42 Å². The number of nitro groups is 1. The highest BCUT2D eigenvalue weighted by Crippen LogP contribution is 2.53. The van der Waals surface area contributed by atoms with Gasteiger partial charge in [-0.1, -0.05) is 19.3 Å². The van der Waals surface area contributed by atoms with Gasteiger partial charge in [0.1, 0.15) is 0 Å². The minimum Gasteiger partial charge on any atom is -0.378 e. The van der Waals surface area contributed by atoms with E-state index < -0.39 is 21.4 Å². The van der Waals surface area contributed by atoms with Crippen molar-refractivity contribution in [1.29, 1.82) is 0 Å². The van der Waals surface area contributed by atoms with Gasteiger partial charge in [0.2, 0.25) is 6.04 Å². The van der Waals surface area contributed by atoms with Crippen LogP contribution in [0.2, 0.25) is 0 Å². The maximum atomic E-state index is 13.3. The molecule has 0 aromatic rings. The molecule has 8 nitrogen and oxygen atoms in total. The third-order valence-electron chi connectivity index (χ3n) is 9.18. The van der Waals surface area contributed by atoms with Crippen molar-refractivity contribution in [2.45, 2.75) is 108 Å². The van der Waals surface area contributed by atoms with E-state index >= 15 is 0 Å². The van der Waals surface area contributed by atoms with Crippen molar-refractivity contribution < 1.29 is 27.0 Å². The number of hydrogen-bond donors (Lipinski definition) is 0. The summed E-state index contributed by atoms with van der Waals surface area (Å²) in [5, 5.41) is 10.8. The monoisotopic (exact) mass is 501 g/mol. The smallest absolute Gasteiger partial charge is 0.270 e. The Hall–Kier alpha value is -0.770. The zero-order valence-electron chi connectivity index (χ0n) is 20.8. The third kappa shape index (κ3) is 5.47. The molecule has 0 radical (unpaired) electrons. The van der Waals surface area contributed by atoms with Crippen molar-refractivity contribution >= 4 is 10.1 Å². The van der Waals surface area contributed by atoms with E-state index in [0.717, 1.165) is 25.7 Å². The summed E-state index contributed by atoms with van der Waals surface area (Å²) in [5.74, 6) is 1.07. The second-order valence-corrected chi connectivity index (χ2v) is 12.8. The minimum absolute atomic E-state index is 0.0697. The van der Waals surface area contributed by atoms with E-state index in [2.05, 4.69) is 6.92 Å². The second-order valence-electron chi connectivity index (χ2n) is 10.9. The van der Waals surface area contributed by atoms with Gasteiger partial charge in [-0.15, -0.1) is 0 Å². The summed E-state index contributed by atoms with van der Waals surface area (Å²) in [4.78, 5) is 11.2. The molecule has 0 bridgehead atoms. The van der Waals surface area contributed by atoms with Crippen LogP contribution >= 0.6 is 0 Å². The average Bonchev–Trinajstić information content (AvgIpc) is 2.84. The Bertz CT molecular complexity index is 790. The van der Waals surface area contributed by atoms with Crippen LogP contribution in [-0.2, 0) is 23.8 Å². The zero-order chi connectivity index (χ0) is 24.3. The molecule has 0 spiro atoms. The van der Waals surface area contributed by atoms with Crippen LogP contribution in [0.5, 0.6) is 0 Å². The minimum atomic E-state index is -3.80. The molecule has 0 aromatic heterocycles. The van der Waals surface area contributed by atoms with Gasteiger partial charge in [-0.05, 0) is 82.5 Å². The van der Waals surface area contributed by atoms with Gasteiger partial charge < -0.3 is 9.47 Å². The Morgan fingerprint density at radius 1 is 0.794 bits per heavy atom. The van der Waals surface area contributed by atoms with Gasteiger partial charge in [0, 0.05) is 24.6 Å². The molecule has 4 saturated carbocycles. The standard InChI is InChI=1S/C25H43NO7S/c1-3-31-24-19-10-6-7-11-20(19)25(32-4-2)22-15-18(13-14-21(22)24)34(29,30)33-16-17-9-5-8-12-23(17)26(27)28/h17-25H,3-16H2,1-2H3. The molecule has 0 N–H and O–H groups in total. The maximum absolute atomic E-state index is 13.3. The molecule has 9 unspecified atom stereocenters. The Kier molecular flexibility index (Phi) is 8.91. The second kappa shape index (κ2) is 11.5. The van der Waals surface area contributed by atoms with Crippen LogP contribution < -0.4 is 0 Å². The van der Waals surface area contributed by atoms with Crippen molar-refractivity contribution in [3.63, 3.8) is 0 Å². The van der Waals surface area contributed by atoms with Crippen LogP contribution in [0.1, 0.15) is 84.5 Å². The number of nitrogens with zero attached hydrogens (tertiary/aromatic N) is 1. The lowest BCUT2D eigenvalue weighted by Gasteiger charge is -2.55. The summed E-state index contributed by atoms with van der Waals surface area (Å²) in [6, 6.07) is -0.699. The highest BCUT2D eigenvalue weighted by molar-refractivity contribution is 7.87. The molecule has 34 heavy (non-hydrogen) atoms. The highest BCUT2D eigenvalue weighted by atomic mass is 32.2. The summed E-state index contributed by atoms with van der Waals surface area (Å²) in [5.41, 5.74) is 0. The lowest BCUT2D eigenvalue weighted by Crippen LogP contribution is -2.57. The molecule has 0 amide bonds. The van der Waals surface area contributed by atoms with Gasteiger partial charge in [0.25, 0.3) is 10.1 Å². The van der Waals surface area contributed by atoms with E-state index in [9.17, 15) is 18.5 Å². The Labute approximate surface area is 204 Å². The van der Waals surface area contributed by atoms with E-state index in [-0.39, 0.29) is 35.6 Å². The van der Waals surface area contributed by atoms with Crippen LogP contribution in [0.3, 0.4) is 0 Å². The SMILES string of the molecule is CCOC1C2CCCCC2C(OCC)C2CC(S(=O)(=O)OCC3CCCCC3[N+](=O)[O-])CCC21. The maximum Gasteiger partial charge on any atom is 0.270 e. The number of rotatable bonds is 9. The van der Waals surface area contributed by atoms with Gasteiger partial charge >= 0.3 is 0 Å². The summed E-state index contributed by atoms with van der Waals surface area (Å²) in [7, 11) is -3.80. The molecule has 196 valence electrons. The Balaban J connectivity index is 1.47. The lowest BCUT2D eigenvalue weighted by atomic mass is 9.56. The highest BCUT2D eigenvalue weighted by Gasteiger charge is 2.54. The van der Waals surface area contributed by atoms with Crippen molar-refractivity contribution in [3.8, 4) is 0 Å². The molecule has 4 rings (SSSR count). The fraction of sp³-hybridized carbons (Fsp3) is 1.00. The Morgan fingerprint density at radius 2 is 1.35 bits per heavy atom. The van der Waals surface area contributed by atoms with Crippen LogP contribution in [0, 0.1) is 39.7 Å². The third-order valence-corrected chi connectivity index (χ3v) is 10.9. The predicted octanol–water partition coefficient (Wildman–Crippen LogP) is 4.58. The molecule has 0 aliphatic heterocycles. The van der Waals surface area contributed by atoms with Gasteiger partial charge in [-0.25, -0.2) is 0 Å². The molecular formula is C25H43NO7S. The summed E-state index contributed by atoms with van der Waals surface area (Å²) in [6.45, 7) is 5.32. The van der Waals surface area contributed by atoms with Crippen molar-refractivity contribution in [2.75, 3.05) is 19.8 Å². The first-order valence-electron chi connectivity index (χ1n) is 13.6. The summed E-state index contributed by atoms with van der Waals surface area (Å²) in [6.07, 6.45) is 9.77. The van der Waals surface area contributed by atoms with Crippen molar-refractivity contribution in [3.05, 3.63) is 10.1 Å².